The molecule has 0 aliphatic rings. The molecule has 0 aliphatic heterocycles. The zero-order chi connectivity index (χ0) is 22.5. The predicted molar refractivity (Wildman–Crippen MR) is 128 cm³/mol. The van der Waals surface area contributed by atoms with Crippen molar-refractivity contribution in [2.45, 2.75) is 13.0 Å². The molecule has 1 N–H and O–H groups in total. The quantitative estimate of drug-likeness (QED) is 0.391. The highest BCUT2D eigenvalue weighted by Gasteiger charge is 2.13. The summed E-state index contributed by atoms with van der Waals surface area (Å²) in [5, 5.41) is 3.23. The van der Waals surface area contributed by atoms with Gasteiger partial charge in [-0.1, -0.05) is 6.07 Å². The number of rotatable bonds is 9. The van der Waals surface area contributed by atoms with E-state index in [-0.39, 0.29) is 5.56 Å². The molecular weight excluding hydrogens is 424 g/mol. The summed E-state index contributed by atoms with van der Waals surface area (Å²) in [6, 6.07) is 9.62. The van der Waals surface area contributed by atoms with Crippen LogP contribution in [0.5, 0.6) is 5.88 Å². The third-order valence-electron chi connectivity index (χ3n) is 4.95. The zero-order valence-corrected chi connectivity index (χ0v) is 19.2. The Labute approximate surface area is 190 Å². The number of hydrogen-bond donors (Lipinski definition) is 1. The van der Waals surface area contributed by atoms with Crippen molar-refractivity contribution >= 4 is 27.5 Å². The summed E-state index contributed by atoms with van der Waals surface area (Å²) in [5.74, 6) is 1.12. The largest absolute Gasteiger partial charge is 0.478 e. The summed E-state index contributed by atoms with van der Waals surface area (Å²) in [5.41, 5.74) is 2.54. The number of fused-ring (bicyclic) bond motifs is 1. The number of aromatic nitrogens is 4. The number of hydrogen-bond acceptors (Lipinski definition) is 8. The molecule has 32 heavy (non-hydrogen) atoms. The molecule has 4 aromatic rings. The second-order valence-electron chi connectivity index (χ2n) is 7.73. The van der Waals surface area contributed by atoms with Crippen molar-refractivity contribution in [3.05, 3.63) is 64.8 Å². The lowest BCUT2D eigenvalue weighted by Crippen LogP contribution is -2.21. The van der Waals surface area contributed by atoms with Crippen LogP contribution in [0.15, 0.2) is 53.7 Å². The summed E-state index contributed by atoms with van der Waals surface area (Å²) >= 11 is 1.42. The number of nitrogens with zero attached hydrogens (tertiary/aromatic N) is 5. The Kier molecular flexibility index (Phi) is 6.77. The standard InChI is InChI=1S/C23H26N6O2S/c1-28(2)10-5-11-31-20-8-7-17(15-25-20)19-12-18-21(32-19)22(30)29(3)23(27-18)26-14-16-6-4-9-24-13-16/h4,6-9,12-13,15H,5,10-11,14H2,1-3H3,(H,26,27). The maximum atomic E-state index is 12.9. The number of anilines is 1. The third-order valence-corrected chi connectivity index (χ3v) is 6.11. The molecule has 0 saturated carbocycles. The first-order chi connectivity index (χ1) is 15.5. The van der Waals surface area contributed by atoms with E-state index in [1.807, 2.05) is 44.4 Å². The van der Waals surface area contributed by atoms with Crippen LogP contribution in [0.25, 0.3) is 20.7 Å². The van der Waals surface area contributed by atoms with Gasteiger partial charge in [-0.25, -0.2) is 9.97 Å². The number of ether oxygens (including phenoxy) is 1. The van der Waals surface area contributed by atoms with E-state index in [1.165, 1.54) is 11.3 Å². The lowest BCUT2D eigenvalue weighted by Gasteiger charge is -2.09. The average molecular weight is 451 g/mol. The number of pyridine rings is 2. The van der Waals surface area contributed by atoms with Crippen LogP contribution in [-0.2, 0) is 13.6 Å². The van der Waals surface area contributed by atoms with Crippen molar-refractivity contribution in [2.75, 3.05) is 32.6 Å². The normalized spacial score (nSPS) is 11.2. The molecule has 8 nitrogen and oxygen atoms in total. The van der Waals surface area contributed by atoms with Gasteiger partial charge in [-0.3, -0.25) is 14.3 Å². The Morgan fingerprint density at radius 1 is 1.22 bits per heavy atom. The smallest absolute Gasteiger partial charge is 0.272 e. The molecule has 0 aromatic carbocycles. The van der Waals surface area contributed by atoms with Crippen molar-refractivity contribution in [3.63, 3.8) is 0 Å². The number of thiophene rings is 1. The van der Waals surface area contributed by atoms with Crippen molar-refractivity contribution in [2.24, 2.45) is 7.05 Å². The van der Waals surface area contributed by atoms with Gasteiger partial charge in [-0.2, -0.15) is 0 Å². The van der Waals surface area contributed by atoms with Crippen LogP contribution in [0.3, 0.4) is 0 Å². The van der Waals surface area contributed by atoms with Gasteiger partial charge in [0.05, 0.1) is 12.1 Å². The molecule has 0 spiro atoms. The first-order valence-electron chi connectivity index (χ1n) is 10.4. The van der Waals surface area contributed by atoms with Crippen LogP contribution in [0.4, 0.5) is 5.95 Å². The summed E-state index contributed by atoms with van der Waals surface area (Å²) in [4.78, 5) is 29.2. The Morgan fingerprint density at radius 2 is 2.09 bits per heavy atom. The van der Waals surface area contributed by atoms with Gasteiger partial charge in [-0.15, -0.1) is 11.3 Å². The molecule has 0 aliphatic carbocycles. The van der Waals surface area contributed by atoms with E-state index in [0.29, 0.717) is 35.2 Å². The molecule has 0 bridgehead atoms. The molecule has 0 unspecified atom stereocenters. The van der Waals surface area contributed by atoms with Crippen LogP contribution in [0.1, 0.15) is 12.0 Å². The summed E-state index contributed by atoms with van der Waals surface area (Å²) < 4.78 is 7.87. The summed E-state index contributed by atoms with van der Waals surface area (Å²) in [6.45, 7) is 2.14. The topological polar surface area (TPSA) is 85.2 Å². The Balaban J connectivity index is 1.50. The van der Waals surface area contributed by atoms with Crippen LogP contribution < -0.4 is 15.6 Å². The first-order valence-corrected chi connectivity index (χ1v) is 11.2. The second kappa shape index (κ2) is 9.88. The molecule has 0 fully saturated rings. The molecule has 4 aromatic heterocycles. The van der Waals surface area contributed by atoms with E-state index in [0.717, 1.165) is 29.0 Å². The first kappa shape index (κ1) is 21.9. The average Bonchev–Trinajstić information content (AvgIpc) is 3.23. The van der Waals surface area contributed by atoms with E-state index in [1.54, 1.807) is 30.2 Å². The molecule has 0 saturated heterocycles. The maximum absolute atomic E-state index is 12.9. The summed E-state index contributed by atoms with van der Waals surface area (Å²) in [6.07, 6.45) is 6.24. The monoisotopic (exact) mass is 450 g/mol. The molecule has 0 radical (unpaired) electrons. The SMILES string of the molecule is CN(C)CCCOc1ccc(-c2cc3nc(NCc4cccnc4)n(C)c(=O)c3s2)cn1. The molecule has 0 atom stereocenters. The second-order valence-corrected chi connectivity index (χ2v) is 8.78. The molecule has 4 heterocycles. The molecule has 4 rings (SSSR count). The van der Waals surface area contributed by atoms with Gasteiger partial charge in [0, 0.05) is 55.2 Å². The van der Waals surface area contributed by atoms with Crippen LogP contribution in [0, 0.1) is 0 Å². The fourth-order valence-corrected chi connectivity index (χ4v) is 4.27. The van der Waals surface area contributed by atoms with E-state index < -0.39 is 0 Å². The fourth-order valence-electron chi connectivity index (χ4n) is 3.21. The lowest BCUT2D eigenvalue weighted by atomic mass is 10.2. The van der Waals surface area contributed by atoms with Crippen molar-refractivity contribution in [1.82, 2.24) is 24.4 Å². The Morgan fingerprint density at radius 3 is 2.81 bits per heavy atom. The molecule has 0 amide bonds. The van der Waals surface area contributed by atoms with E-state index >= 15 is 0 Å². The van der Waals surface area contributed by atoms with E-state index in [9.17, 15) is 4.79 Å². The molecular formula is C23H26N6O2S. The fraction of sp³-hybridized carbons (Fsp3) is 0.304. The minimum Gasteiger partial charge on any atom is -0.478 e. The van der Waals surface area contributed by atoms with E-state index in [4.69, 9.17) is 4.74 Å². The minimum absolute atomic E-state index is 0.0752. The predicted octanol–water partition coefficient (Wildman–Crippen LogP) is 3.39. The lowest BCUT2D eigenvalue weighted by molar-refractivity contribution is 0.273. The van der Waals surface area contributed by atoms with Crippen molar-refractivity contribution in [1.29, 1.82) is 0 Å². The highest BCUT2D eigenvalue weighted by atomic mass is 32.1. The summed E-state index contributed by atoms with van der Waals surface area (Å²) in [7, 11) is 5.81. The number of nitrogens with one attached hydrogen (secondary N) is 1. The molecule has 9 heteroatoms. The Bertz CT molecular complexity index is 1240. The zero-order valence-electron chi connectivity index (χ0n) is 18.4. The van der Waals surface area contributed by atoms with Crippen LogP contribution >= 0.6 is 11.3 Å². The van der Waals surface area contributed by atoms with Gasteiger partial charge in [0.2, 0.25) is 11.8 Å². The van der Waals surface area contributed by atoms with Crippen LogP contribution in [0.2, 0.25) is 0 Å². The maximum Gasteiger partial charge on any atom is 0.272 e. The third kappa shape index (κ3) is 5.12. The highest BCUT2D eigenvalue weighted by Crippen LogP contribution is 2.31. The minimum atomic E-state index is -0.0752. The van der Waals surface area contributed by atoms with Gasteiger partial charge in [0.15, 0.2) is 0 Å². The molecule has 166 valence electrons. The Hall–Kier alpha value is -3.30. The van der Waals surface area contributed by atoms with Crippen molar-refractivity contribution in [3.8, 4) is 16.3 Å². The van der Waals surface area contributed by atoms with Gasteiger partial charge in [0.25, 0.3) is 5.56 Å². The van der Waals surface area contributed by atoms with Crippen molar-refractivity contribution < 1.29 is 4.74 Å². The van der Waals surface area contributed by atoms with Crippen LogP contribution in [-0.4, -0.2) is 51.7 Å². The van der Waals surface area contributed by atoms with Gasteiger partial charge >= 0.3 is 0 Å². The highest BCUT2D eigenvalue weighted by molar-refractivity contribution is 7.22. The van der Waals surface area contributed by atoms with Gasteiger partial charge < -0.3 is 15.0 Å². The van der Waals surface area contributed by atoms with E-state index in [2.05, 4.69) is 25.2 Å². The van der Waals surface area contributed by atoms with Gasteiger partial charge in [-0.05, 0) is 44.3 Å². The van der Waals surface area contributed by atoms with Gasteiger partial charge in [0.1, 0.15) is 4.70 Å².